The van der Waals surface area contributed by atoms with Crippen LogP contribution in [0.2, 0.25) is 0 Å². The van der Waals surface area contributed by atoms with Gasteiger partial charge in [-0.2, -0.15) is 5.10 Å². The summed E-state index contributed by atoms with van der Waals surface area (Å²) in [6.45, 7) is 1.78. The molecule has 1 aromatic carbocycles. The summed E-state index contributed by atoms with van der Waals surface area (Å²) in [7, 11) is 1.65. The van der Waals surface area contributed by atoms with E-state index < -0.39 is 6.17 Å². The molecule has 1 N–H and O–H groups in total. The monoisotopic (exact) mass is 341 g/mol. The average Bonchev–Trinajstić information content (AvgIpc) is 3.04. The number of piperidine rings is 1. The lowest BCUT2D eigenvalue weighted by Crippen LogP contribution is -2.37. The van der Waals surface area contributed by atoms with Crippen LogP contribution in [0, 0.1) is 0 Å². The maximum Gasteiger partial charge on any atom is 0.184 e. The van der Waals surface area contributed by atoms with Crippen molar-refractivity contribution in [3.63, 3.8) is 0 Å². The molecule has 0 spiro atoms. The number of rotatable bonds is 4. The number of alkyl halides is 1. The second-order valence-corrected chi connectivity index (χ2v) is 6.30. The Morgan fingerprint density at radius 2 is 2.16 bits per heavy atom. The molecule has 1 aliphatic rings. The van der Waals surface area contributed by atoms with Crippen molar-refractivity contribution < 1.29 is 9.13 Å². The first-order valence-corrected chi connectivity index (χ1v) is 8.41. The van der Waals surface area contributed by atoms with Crippen LogP contribution in [0.1, 0.15) is 23.7 Å². The Balaban J connectivity index is 1.57. The zero-order chi connectivity index (χ0) is 17.2. The Hall–Kier alpha value is -2.54. The number of fused-ring (bicyclic) bond motifs is 1. The first-order chi connectivity index (χ1) is 12.2. The first kappa shape index (κ1) is 16.0. The van der Waals surface area contributed by atoms with Gasteiger partial charge in [-0.3, -0.25) is 4.68 Å². The lowest BCUT2D eigenvalue weighted by molar-refractivity contribution is 0.225. The van der Waals surface area contributed by atoms with E-state index >= 15 is 0 Å². The highest BCUT2D eigenvalue weighted by atomic mass is 19.1. The number of benzene rings is 1. The summed E-state index contributed by atoms with van der Waals surface area (Å²) in [5.74, 6) is 1.13. The molecule has 3 aromatic rings. The van der Waals surface area contributed by atoms with Gasteiger partial charge in [-0.1, -0.05) is 12.1 Å². The van der Waals surface area contributed by atoms with Crippen molar-refractivity contribution in [1.29, 1.82) is 0 Å². The summed E-state index contributed by atoms with van der Waals surface area (Å²) >= 11 is 0. The van der Waals surface area contributed by atoms with Crippen LogP contribution in [0.15, 0.2) is 36.7 Å². The largest absolute Gasteiger partial charge is 0.497 e. The number of hydrogen-bond donors (Lipinski definition) is 1. The van der Waals surface area contributed by atoms with Crippen molar-refractivity contribution in [2.45, 2.75) is 25.1 Å². The van der Waals surface area contributed by atoms with Crippen LogP contribution in [0.3, 0.4) is 0 Å². The molecule has 0 saturated carbocycles. The average molecular weight is 341 g/mol. The minimum absolute atomic E-state index is 0.252. The highest BCUT2D eigenvalue weighted by Gasteiger charge is 2.28. The normalized spacial score (nSPS) is 20.7. The third-order valence-electron chi connectivity index (χ3n) is 4.57. The van der Waals surface area contributed by atoms with Crippen molar-refractivity contribution in [2.24, 2.45) is 0 Å². The van der Waals surface area contributed by atoms with Gasteiger partial charge in [-0.25, -0.2) is 14.4 Å². The first-order valence-electron chi connectivity index (χ1n) is 8.41. The fourth-order valence-corrected chi connectivity index (χ4v) is 3.17. The summed E-state index contributed by atoms with van der Waals surface area (Å²) in [5, 5.41) is 8.44. The van der Waals surface area contributed by atoms with Crippen LogP contribution < -0.4 is 10.1 Å². The highest BCUT2D eigenvalue weighted by molar-refractivity contribution is 5.72. The molecule has 130 valence electrons. The summed E-state index contributed by atoms with van der Waals surface area (Å²) in [6.07, 6.45) is 3.41. The number of nitrogens with zero attached hydrogens (tertiary/aromatic N) is 4. The Bertz CT molecular complexity index is 864. The molecule has 2 unspecified atom stereocenters. The van der Waals surface area contributed by atoms with E-state index in [1.165, 1.54) is 0 Å². The van der Waals surface area contributed by atoms with Crippen molar-refractivity contribution in [1.82, 2.24) is 25.1 Å². The van der Waals surface area contributed by atoms with Gasteiger partial charge in [0.2, 0.25) is 0 Å². The van der Waals surface area contributed by atoms with Crippen LogP contribution >= 0.6 is 0 Å². The SMILES string of the molecule is COc1ccc(Cn2cc3cnc(C4CCNCC4F)nc3n2)cc1. The number of ether oxygens (including phenoxy) is 1. The molecule has 0 aliphatic carbocycles. The van der Waals surface area contributed by atoms with E-state index in [1.807, 2.05) is 35.1 Å². The second kappa shape index (κ2) is 6.76. The molecule has 2 atom stereocenters. The summed E-state index contributed by atoms with van der Waals surface area (Å²) in [5.41, 5.74) is 1.73. The van der Waals surface area contributed by atoms with E-state index in [1.54, 1.807) is 13.3 Å². The lowest BCUT2D eigenvalue weighted by atomic mass is 9.95. The maximum absolute atomic E-state index is 14.1. The van der Waals surface area contributed by atoms with Crippen molar-refractivity contribution >= 4 is 11.0 Å². The Morgan fingerprint density at radius 1 is 1.32 bits per heavy atom. The minimum Gasteiger partial charge on any atom is -0.497 e. The number of nitrogens with one attached hydrogen (secondary N) is 1. The van der Waals surface area contributed by atoms with E-state index in [0.717, 1.165) is 23.2 Å². The van der Waals surface area contributed by atoms with Gasteiger partial charge in [-0.05, 0) is 30.7 Å². The van der Waals surface area contributed by atoms with Crippen LogP contribution in [-0.4, -0.2) is 46.1 Å². The molecular formula is C18H20FN5O. The Morgan fingerprint density at radius 3 is 2.92 bits per heavy atom. The zero-order valence-corrected chi connectivity index (χ0v) is 14.0. The summed E-state index contributed by atoms with van der Waals surface area (Å²) in [6, 6.07) is 7.86. The molecular weight excluding hydrogens is 321 g/mol. The molecule has 3 heterocycles. The molecule has 1 saturated heterocycles. The van der Waals surface area contributed by atoms with Crippen molar-refractivity contribution in [3.8, 4) is 5.75 Å². The van der Waals surface area contributed by atoms with E-state index in [2.05, 4.69) is 20.4 Å². The van der Waals surface area contributed by atoms with E-state index in [9.17, 15) is 4.39 Å². The Labute approximate surface area is 145 Å². The van der Waals surface area contributed by atoms with Crippen LogP contribution in [0.4, 0.5) is 4.39 Å². The summed E-state index contributed by atoms with van der Waals surface area (Å²) in [4.78, 5) is 8.88. The highest BCUT2D eigenvalue weighted by Crippen LogP contribution is 2.26. The van der Waals surface area contributed by atoms with Gasteiger partial charge in [0.15, 0.2) is 5.65 Å². The zero-order valence-electron chi connectivity index (χ0n) is 14.0. The molecule has 1 fully saturated rings. The maximum atomic E-state index is 14.1. The Kier molecular flexibility index (Phi) is 4.31. The number of aromatic nitrogens is 4. The van der Waals surface area contributed by atoms with Gasteiger partial charge in [0.1, 0.15) is 17.7 Å². The number of hydrogen-bond acceptors (Lipinski definition) is 5. The van der Waals surface area contributed by atoms with Gasteiger partial charge in [0.05, 0.1) is 25.0 Å². The second-order valence-electron chi connectivity index (χ2n) is 6.30. The molecule has 0 amide bonds. The fraction of sp³-hybridized carbons (Fsp3) is 0.389. The topological polar surface area (TPSA) is 64.9 Å². The molecule has 0 radical (unpaired) electrons. The van der Waals surface area contributed by atoms with Gasteiger partial charge in [0, 0.05) is 18.9 Å². The standard InChI is InChI=1S/C18H20FN5O/c1-25-14-4-2-12(3-5-14)10-24-11-13-8-21-18(22-17(13)23-24)15-6-7-20-9-16(15)19/h2-5,8,11,15-16,20H,6-7,9-10H2,1H3. The molecule has 2 aromatic heterocycles. The van der Waals surface area contributed by atoms with Crippen LogP contribution in [0.5, 0.6) is 5.75 Å². The smallest absolute Gasteiger partial charge is 0.184 e. The van der Waals surface area contributed by atoms with E-state index in [-0.39, 0.29) is 5.92 Å². The van der Waals surface area contributed by atoms with Gasteiger partial charge >= 0.3 is 0 Å². The fourth-order valence-electron chi connectivity index (χ4n) is 3.17. The van der Waals surface area contributed by atoms with Gasteiger partial charge < -0.3 is 10.1 Å². The molecule has 4 rings (SSSR count). The quantitative estimate of drug-likeness (QED) is 0.789. The molecule has 25 heavy (non-hydrogen) atoms. The van der Waals surface area contributed by atoms with E-state index in [0.29, 0.717) is 31.0 Å². The number of halogens is 1. The summed E-state index contributed by atoms with van der Waals surface area (Å²) < 4.78 is 21.1. The predicted molar refractivity (Wildman–Crippen MR) is 92.5 cm³/mol. The van der Waals surface area contributed by atoms with Crippen LogP contribution in [-0.2, 0) is 6.54 Å². The third-order valence-corrected chi connectivity index (χ3v) is 4.57. The molecule has 6 nitrogen and oxygen atoms in total. The predicted octanol–water partition coefficient (Wildman–Crippen LogP) is 2.30. The molecule has 7 heteroatoms. The van der Waals surface area contributed by atoms with Crippen molar-refractivity contribution in [2.75, 3.05) is 20.2 Å². The third kappa shape index (κ3) is 3.32. The molecule has 1 aliphatic heterocycles. The van der Waals surface area contributed by atoms with Crippen LogP contribution in [0.25, 0.3) is 11.0 Å². The molecule has 0 bridgehead atoms. The van der Waals surface area contributed by atoms with Gasteiger partial charge in [0.25, 0.3) is 0 Å². The van der Waals surface area contributed by atoms with Crippen molar-refractivity contribution in [3.05, 3.63) is 48.0 Å². The van der Waals surface area contributed by atoms with E-state index in [4.69, 9.17) is 4.74 Å². The van der Waals surface area contributed by atoms with Gasteiger partial charge in [-0.15, -0.1) is 0 Å². The minimum atomic E-state index is -0.951. The lowest BCUT2D eigenvalue weighted by Gasteiger charge is -2.25. The number of methoxy groups -OCH3 is 1.